The summed E-state index contributed by atoms with van der Waals surface area (Å²) in [5.74, 6) is -1.89. The summed E-state index contributed by atoms with van der Waals surface area (Å²) < 4.78 is 33.5. The number of carbonyl (C=O) groups is 4. The van der Waals surface area contributed by atoms with E-state index in [9.17, 15) is 19.2 Å². The van der Waals surface area contributed by atoms with Crippen LogP contribution in [0.5, 0.6) is 5.75 Å². The minimum atomic E-state index is -1.25. The van der Waals surface area contributed by atoms with Gasteiger partial charge in [-0.2, -0.15) is 0 Å². The summed E-state index contributed by atoms with van der Waals surface area (Å²) in [4.78, 5) is 47.8. The molecule has 1 fully saturated rings. The Morgan fingerprint density at radius 2 is 1.40 bits per heavy atom. The van der Waals surface area contributed by atoms with Crippen molar-refractivity contribution in [3.05, 3.63) is 64.2 Å². The molecule has 11 heteroatoms. The Hall–Kier alpha value is -3.63. The zero-order valence-corrected chi connectivity index (χ0v) is 23.8. The first-order valence-electron chi connectivity index (χ1n) is 12.8. The molecule has 1 aliphatic heterocycles. The first-order chi connectivity index (χ1) is 19.0. The molecule has 216 valence electrons. The van der Waals surface area contributed by atoms with Crippen molar-refractivity contribution in [1.29, 1.82) is 0 Å². The summed E-state index contributed by atoms with van der Waals surface area (Å²) >= 11 is 6.54. The molecule has 0 spiro atoms. The largest absolute Gasteiger partial charge is 0.494 e. The predicted molar refractivity (Wildman–Crippen MR) is 143 cm³/mol. The normalized spacial score (nSPS) is 22.1. The summed E-state index contributed by atoms with van der Waals surface area (Å²) in [6.07, 6.45) is -5.23. The molecule has 1 heterocycles. The summed E-state index contributed by atoms with van der Waals surface area (Å²) in [5.41, 5.74) is 2.29. The molecule has 1 saturated heterocycles. The van der Waals surface area contributed by atoms with Crippen molar-refractivity contribution in [2.24, 2.45) is 0 Å². The van der Waals surface area contributed by atoms with Gasteiger partial charge in [-0.05, 0) is 48.2 Å². The molecule has 3 rings (SSSR count). The van der Waals surface area contributed by atoms with Crippen LogP contribution in [0, 0.1) is 0 Å². The quantitative estimate of drug-likeness (QED) is 0.301. The van der Waals surface area contributed by atoms with Crippen molar-refractivity contribution < 1.29 is 47.6 Å². The highest BCUT2D eigenvalue weighted by Crippen LogP contribution is 2.39. The molecular formula is C29H33ClO10. The maximum Gasteiger partial charge on any atom is 0.303 e. The molecule has 40 heavy (non-hydrogen) atoms. The SMILES string of the molecule is CCOc1ccc(Cc2cc([C@@H]3O[C@H](COC(C)=O)[C@@H](OC(C)=O)[C@H](OC(C)=O)[C@H]3OC(C)=O)ccc2Cl)cc1. The molecule has 0 N–H and O–H groups in total. The summed E-state index contributed by atoms with van der Waals surface area (Å²) in [7, 11) is 0. The second-order valence-corrected chi connectivity index (χ2v) is 9.63. The fraction of sp³-hybridized carbons (Fsp3) is 0.448. The van der Waals surface area contributed by atoms with Crippen molar-refractivity contribution in [2.75, 3.05) is 13.2 Å². The average Bonchev–Trinajstić information content (AvgIpc) is 2.87. The fourth-order valence-corrected chi connectivity index (χ4v) is 4.68. The molecule has 10 nitrogen and oxygen atoms in total. The van der Waals surface area contributed by atoms with Gasteiger partial charge in [0, 0.05) is 32.7 Å². The summed E-state index contributed by atoms with van der Waals surface area (Å²) in [6, 6.07) is 12.8. The number of halogens is 1. The highest BCUT2D eigenvalue weighted by molar-refractivity contribution is 6.31. The Balaban J connectivity index is 2.03. The Morgan fingerprint density at radius 1 is 0.800 bits per heavy atom. The molecule has 0 unspecified atom stereocenters. The smallest absolute Gasteiger partial charge is 0.303 e. The van der Waals surface area contributed by atoms with Gasteiger partial charge in [0.15, 0.2) is 18.3 Å². The van der Waals surface area contributed by atoms with E-state index < -0.39 is 54.4 Å². The van der Waals surface area contributed by atoms with Gasteiger partial charge in [-0.25, -0.2) is 0 Å². The molecule has 0 aromatic heterocycles. The van der Waals surface area contributed by atoms with E-state index in [4.69, 9.17) is 40.0 Å². The lowest BCUT2D eigenvalue weighted by molar-refractivity contribution is -0.254. The van der Waals surface area contributed by atoms with E-state index in [1.54, 1.807) is 18.2 Å². The molecule has 0 amide bonds. The Kier molecular flexibility index (Phi) is 10.9. The first kappa shape index (κ1) is 30.9. The van der Waals surface area contributed by atoms with Crippen LogP contribution in [0.1, 0.15) is 57.4 Å². The van der Waals surface area contributed by atoms with Gasteiger partial charge in [0.1, 0.15) is 24.6 Å². The van der Waals surface area contributed by atoms with Gasteiger partial charge in [0.2, 0.25) is 0 Å². The molecule has 1 aliphatic rings. The molecule has 2 aromatic rings. The van der Waals surface area contributed by atoms with Crippen LogP contribution in [-0.2, 0) is 49.3 Å². The van der Waals surface area contributed by atoms with Crippen LogP contribution < -0.4 is 4.74 Å². The number of carbonyl (C=O) groups excluding carboxylic acids is 4. The first-order valence-corrected chi connectivity index (χ1v) is 13.2. The number of ether oxygens (including phenoxy) is 6. The second kappa shape index (κ2) is 14.1. The molecule has 0 bridgehead atoms. The number of rotatable bonds is 10. The Morgan fingerprint density at radius 3 is 1.98 bits per heavy atom. The van der Waals surface area contributed by atoms with Gasteiger partial charge in [0.05, 0.1) is 6.61 Å². The lowest BCUT2D eigenvalue weighted by atomic mass is 9.89. The Labute approximate surface area is 237 Å². The zero-order valence-electron chi connectivity index (χ0n) is 23.0. The molecule has 0 aliphatic carbocycles. The minimum absolute atomic E-state index is 0.305. The lowest BCUT2D eigenvalue weighted by Gasteiger charge is -2.44. The fourth-order valence-electron chi connectivity index (χ4n) is 4.49. The third-order valence-electron chi connectivity index (χ3n) is 6.02. The molecule has 5 atom stereocenters. The van der Waals surface area contributed by atoms with Crippen LogP contribution in [0.3, 0.4) is 0 Å². The van der Waals surface area contributed by atoms with E-state index in [1.165, 1.54) is 27.7 Å². The van der Waals surface area contributed by atoms with Gasteiger partial charge in [-0.1, -0.05) is 35.9 Å². The average molecular weight is 577 g/mol. The van der Waals surface area contributed by atoms with Crippen molar-refractivity contribution in [2.45, 2.75) is 71.6 Å². The van der Waals surface area contributed by atoms with E-state index in [-0.39, 0.29) is 6.61 Å². The minimum Gasteiger partial charge on any atom is -0.494 e. The maximum absolute atomic E-state index is 12.2. The van der Waals surface area contributed by atoms with Gasteiger partial charge >= 0.3 is 23.9 Å². The van der Waals surface area contributed by atoms with Crippen LogP contribution >= 0.6 is 11.6 Å². The molecule has 0 saturated carbocycles. The number of hydrogen-bond donors (Lipinski definition) is 0. The number of hydrogen-bond acceptors (Lipinski definition) is 10. The van der Waals surface area contributed by atoms with E-state index in [1.807, 2.05) is 31.2 Å². The zero-order chi connectivity index (χ0) is 29.4. The third-order valence-corrected chi connectivity index (χ3v) is 6.39. The third kappa shape index (κ3) is 8.43. The van der Waals surface area contributed by atoms with Gasteiger partial charge in [0.25, 0.3) is 0 Å². The van der Waals surface area contributed by atoms with Crippen molar-refractivity contribution >= 4 is 35.5 Å². The van der Waals surface area contributed by atoms with E-state index in [0.717, 1.165) is 16.9 Å². The predicted octanol–water partition coefficient (Wildman–Crippen LogP) is 4.13. The molecule has 2 aromatic carbocycles. The standard InChI is InChI=1S/C29H33ClO10/c1-6-35-23-10-7-20(8-11-23)13-22-14-21(9-12-24(22)30)26-28(38-18(4)33)29(39-19(5)34)27(37-17(3)32)25(40-26)15-36-16(2)31/h7-12,14,25-29H,6,13,15H2,1-5H3/t25-,26+,27-,28+,29+/m1/s1. The van der Waals surface area contributed by atoms with Crippen LogP contribution in [0.4, 0.5) is 0 Å². The highest BCUT2D eigenvalue weighted by atomic mass is 35.5. The summed E-state index contributed by atoms with van der Waals surface area (Å²) in [6.45, 7) is 6.94. The number of esters is 4. The Bertz CT molecular complexity index is 1210. The topological polar surface area (TPSA) is 124 Å². The van der Waals surface area contributed by atoms with Crippen LogP contribution in [0.15, 0.2) is 42.5 Å². The van der Waals surface area contributed by atoms with E-state index in [0.29, 0.717) is 23.6 Å². The van der Waals surface area contributed by atoms with Crippen molar-refractivity contribution in [3.63, 3.8) is 0 Å². The lowest BCUT2D eigenvalue weighted by Crippen LogP contribution is -2.59. The number of benzene rings is 2. The van der Waals surface area contributed by atoms with Gasteiger partial charge < -0.3 is 28.4 Å². The summed E-state index contributed by atoms with van der Waals surface area (Å²) in [5, 5.41) is 0.503. The van der Waals surface area contributed by atoms with Gasteiger partial charge in [-0.15, -0.1) is 0 Å². The van der Waals surface area contributed by atoms with Gasteiger partial charge in [-0.3, -0.25) is 19.2 Å². The van der Waals surface area contributed by atoms with E-state index >= 15 is 0 Å². The monoisotopic (exact) mass is 576 g/mol. The maximum atomic E-state index is 12.2. The van der Waals surface area contributed by atoms with Crippen molar-refractivity contribution in [3.8, 4) is 5.75 Å². The highest BCUT2D eigenvalue weighted by Gasteiger charge is 2.52. The second-order valence-electron chi connectivity index (χ2n) is 9.22. The van der Waals surface area contributed by atoms with E-state index in [2.05, 4.69) is 0 Å². The molecular weight excluding hydrogens is 544 g/mol. The van der Waals surface area contributed by atoms with Crippen LogP contribution in [0.2, 0.25) is 5.02 Å². The van der Waals surface area contributed by atoms with Crippen molar-refractivity contribution in [1.82, 2.24) is 0 Å². The molecule has 0 radical (unpaired) electrons. The van der Waals surface area contributed by atoms with Crippen LogP contribution in [-0.4, -0.2) is 61.5 Å². The van der Waals surface area contributed by atoms with Crippen LogP contribution in [0.25, 0.3) is 0 Å².